The van der Waals surface area contributed by atoms with Crippen LogP contribution >= 0.6 is 0 Å². The SMILES string of the molecule is CCCCN1CCN(c2ccc(N3CCC(OC)C3)cc2C2CCC(CC)(CC)CC2)CC1. The molecule has 0 N–H and O–H groups in total. The summed E-state index contributed by atoms with van der Waals surface area (Å²) in [6, 6.07) is 7.44. The fourth-order valence-corrected chi connectivity index (χ4v) is 6.60. The molecule has 186 valence electrons. The molecule has 4 nitrogen and oxygen atoms in total. The minimum Gasteiger partial charge on any atom is -0.380 e. The van der Waals surface area contributed by atoms with Crippen molar-refractivity contribution in [2.45, 2.75) is 90.6 Å². The first-order valence-corrected chi connectivity index (χ1v) is 14.0. The van der Waals surface area contributed by atoms with Crippen molar-refractivity contribution in [1.29, 1.82) is 0 Å². The third-order valence-corrected chi connectivity index (χ3v) is 9.38. The molecule has 2 aliphatic heterocycles. The molecule has 3 fully saturated rings. The summed E-state index contributed by atoms with van der Waals surface area (Å²) in [7, 11) is 1.86. The van der Waals surface area contributed by atoms with Gasteiger partial charge in [0, 0.05) is 57.8 Å². The number of unbranched alkanes of at least 4 members (excludes halogenated alkanes) is 1. The molecule has 3 aliphatic rings. The first-order chi connectivity index (χ1) is 16.1. The van der Waals surface area contributed by atoms with Crippen LogP contribution in [0.15, 0.2) is 18.2 Å². The zero-order chi connectivity index (χ0) is 23.3. The molecule has 1 atom stereocenters. The van der Waals surface area contributed by atoms with Crippen molar-refractivity contribution in [3.05, 3.63) is 23.8 Å². The standard InChI is InChI=1S/C29H49N3O/c1-5-8-16-30-18-20-31(21-19-30)28-10-9-25(32-17-13-26(23-32)33-4)22-27(28)24-11-14-29(6-2,7-3)15-12-24/h9-10,22,24,26H,5-8,11-21,23H2,1-4H3. The molecular weight excluding hydrogens is 406 g/mol. The van der Waals surface area contributed by atoms with Gasteiger partial charge in [-0.2, -0.15) is 0 Å². The number of rotatable bonds is 9. The quantitative estimate of drug-likeness (QED) is 0.435. The number of hydrogen-bond donors (Lipinski definition) is 0. The Hall–Kier alpha value is -1.26. The fraction of sp³-hybridized carbons (Fsp3) is 0.793. The van der Waals surface area contributed by atoms with Crippen LogP contribution < -0.4 is 9.80 Å². The van der Waals surface area contributed by atoms with Gasteiger partial charge in [-0.3, -0.25) is 4.90 Å². The van der Waals surface area contributed by atoms with Crippen molar-refractivity contribution in [3.8, 4) is 0 Å². The summed E-state index contributed by atoms with van der Waals surface area (Å²) < 4.78 is 5.66. The zero-order valence-corrected chi connectivity index (χ0v) is 22.0. The van der Waals surface area contributed by atoms with Crippen molar-refractivity contribution in [2.75, 3.05) is 62.7 Å². The van der Waals surface area contributed by atoms with Gasteiger partial charge in [0.1, 0.15) is 0 Å². The minimum absolute atomic E-state index is 0.383. The molecule has 1 aromatic carbocycles. The number of nitrogens with zero attached hydrogens (tertiary/aromatic N) is 3. The second kappa shape index (κ2) is 11.4. The molecule has 1 aliphatic carbocycles. The van der Waals surface area contributed by atoms with Crippen molar-refractivity contribution >= 4 is 11.4 Å². The van der Waals surface area contributed by atoms with Gasteiger partial charge < -0.3 is 14.5 Å². The Balaban J connectivity index is 1.53. The molecule has 33 heavy (non-hydrogen) atoms. The van der Waals surface area contributed by atoms with Crippen LogP contribution in [0.3, 0.4) is 0 Å². The first-order valence-electron chi connectivity index (χ1n) is 14.0. The van der Waals surface area contributed by atoms with Crippen molar-refractivity contribution < 1.29 is 4.74 Å². The number of methoxy groups -OCH3 is 1. The van der Waals surface area contributed by atoms with E-state index in [4.69, 9.17) is 4.74 Å². The van der Waals surface area contributed by atoms with E-state index in [1.807, 2.05) is 7.11 Å². The van der Waals surface area contributed by atoms with Crippen LogP contribution in [-0.4, -0.2) is 63.9 Å². The Bertz CT molecular complexity index is 728. The molecule has 4 rings (SSSR count). The highest BCUT2D eigenvalue weighted by Gasteiger charge is 2.34. The molecule has 2 saturated heterocycles. The van der Waals surface area contributed by atoms with Crippen molar-refractivity contribution in [3.63, 3.8) is 0 Å². The van der Waals surface area contributed by atoms with E-state index in [1.54, 1.807) is 5.56 Å². The second-order valence-electron chi connectivity index (χ2n) is 11.0. The van der Waals surface area contributed by atoms with Crippen LogP contribution in [0.2, 0.25) is 0 Å². The summed E-state index contributed by atoms with van der Waals surface area (Å²) in [5.74, 6) is 0.713. The van der Waals surface area contributed by atoms with E-state index in [0.29, 0.717) is 17.4 Å². The number of hydrogen-bond acceptors (Lipinski definition) is 4. The van der Waals surface area contributed by atoms with Crippen molar-refractivity contribution in [1.82, 2.24) is 4.90 Å². The zero-order valence-electron chi connectivity index (χ0n) is 22.0. The van der Waals surface area contributed by atoms with E-state index in [-0.39, 0.29) is 0 Å². The summed E-state index contributed by atoms with van der Waals surface area (Å²) >= 11 is 0. The highest BCUT2D eigenvalue weighted by Crippen LogP contribution is 2.49. The molecule has 1 unspecified atom stereocenters. The van der Waals surface area contributed by atoms with Gasteiger partial charge in [0.2, 0.25) is 0 Å². The van der Waals surface area contributed by atoms with Gasteiger partial charge in [-0.1, -0.05) is 40.0 Å². The van der Waals surface area contributed by atoms with Crippen LogP contribution in [0, 0.1) is 5.41 Å². The van der Waals surface area contributed by atoms with Crippen LogP contribution in [0.5, 0.6) is 0 Å². The summed E-state index contributed by atoms with van der Waals surface area (Å²) in [5, 5.41) is 0. The lowest BCUT2D eigenvalue weighted by Crippen LogP contribution is -2.47. The predicted molar refractivity (Wildman–Crippen MR) is 142 cm³/mol. The van der Waals surface area contributed by atoms with E-state index < -0.39 is 0 Å². The molecule has 2 heterocycles. The Morgan fingerprint density at radius 1 is 0.909 bits per heavy atom. The lowest BCUT2D eigenvalue weighted by atomic mass is 9.66. The van der Waals surface area contributed by atoms with Gasteiger partial charge >= 0.3 is 0 Å². The third kappa shape index (κ3) is 5.70. The second-order valence-corrected chi connectivity index (χ2v) is 11.0. The van der Waals surface area contributed by atoms with Gasteiger partial charge in [0.25, 0.3) is 0 Å². The number of benzene rings is 1. The maximum Gasteiger partial charge on any atom is 0.0762 e. The molecule has 0 amide bonds. The number of piperazine rings is 1. The molecule has 4 heteroatoms. The lowest BCUT2D eigenvalue weighted by molar-refractivity contribution is 0.121. The van der Waals surface area contributed by atoms with E-state index in [2.05, 4.69) is 53.7 Å². The average Bonchev–Trinajstić information content (AvgIpc) is 3.37. The Kier molecular flexibility index (Phi) is 8.62. The molecule has 0 radical (unpaired) electrons. The Morgan fingerprint density at radius 2 is 1.64 bits per heavy atom. The molecule has 1 aromatic rings. The van der Waals surface area contributed by atoms with Crippen LogP contribution in [-0.2, 0) is 4.74 Å². The largest absolute Gasteiger partial charge is 0.380 e. The Morgan fingerprint density at radius 3 is 2.24 bits per heavy atom. The van der Waals surface area contributed by atoms with E-state index in [0.717, 1.165) is 19.5 Å². The molecule has 1 saturated carbocycles. The highest BCUT2D eigenvalue weighted by molar-refractivity contribution is 5.64. The predicted octanol–water partition coefficient (Wildman–Crippen LogP) is 6.30. The fourth-order valence-electron chi connectivity index (χ4n) is 6.60. The van der Waals surface area contributed by atoms with E-state index in [1.165, 1.54) is 95.5 Å². The van der Waals surface area contributed by atoms with Crippen LogP contribution in [0.25, 0.3) is 0 Å². The Labute approximate surface area is 203 Å². The number of anilines is 2. The summed E-state index contributed by atoms with van der Waals surface area (Å²) in [6.45, 7) is 15.3. The highest BCUT2D eigenvalue weighted by atomic mass is 16.5. The monoisotopic (exact) mass is 455 g/mol. The van der Waals surface area contributed by atoms with E-state index in [9.17, 15) is 0 Å². The van der Waals surface area contributed by atoms with Gasteiger partial charge in [-0.15, -0.1) is 0 Å². The smallest absolute Gasteiger partial charge is 0.0762 e. The van der Waals surface area contributed by atoms with Gasteiger partial charge in [-0.05, 0) is 80.2 Å². The average molecular weight is 456 g/mol. The minimum atomic E-state index is 0.383. The first kappa shape index (κ1) is 24.9. The summed E-state index contributed by atoms with van der Waals surface area (Å²) in [6.07, 6.45) is 12.3. The molecular formula is C29H49N3O. The van der Waals surface area contributed by atoms with Gasteiger partial charge in [0.05, 0.1) is 6.10 Å². The molecule has 0 bridgehead atoms. The maximum atomic E-state index is 5.66. The van der Waals surface area contributed by atoms with Gasteiger partial charge in [-0.25, -0.2) is 0 Å². The van der Waals surface area contributed by atoms with Crippen LogP contribution in [0.1, 0.15) is 90.0 Å². The molecule has 0 spiro atoms. The maximum absolute atomic E-state index is 5.66. The summed E-state index contributed by atoms with van der Waals surface area (Å²) in [4.78, 5) is 7.92. The van der Waals surface area contributed by atoms with Gasteiger partial charge in [0.15, 0.2) is 0 Å². The van der Waals surface area contributed by atoms with Crippen LogP contribution in [0.4, 0.5) is 11.4 Å². The topological polar surface area (TPSA) is 19.0 Å². The third-order valence-electron chi connectivity index (χ3n) is 9.38. The number of ether oxygens (including phenoxy) is 1. The lowest BCUT2D eigenvalue weighted by Gasteiger charge is -2.42. The molecule has 0 aromatic heterocycles. The summed E-state index contributed by atoms with van der Waals surface area (Å²) in [5.41, 5.74) is 5.18. The van der Waals surface area contributed by atoms with Crippen molar-refractivity contribution in [2.24, 2.45) is 5.41 Å². The normalized spacial score (nSPS) is 24.5. The van der Waals surface area contributed by atoms with E-state index >= 15 is 0 Å².